The molecule has 0 spiro atoms. The van der Waals surface area contributed by atoms with Crippen LogP contribution in [-0.2, 0) is 0 Å². The SMILES string of the molecule is CC(C)N1CCN(CC#CCO)CC1. The Morgan fingerprint density at radius 2 is 1.79 bits per heavy atom. The average molecular weight is 196 g/mol. The fourth-order valence-electron chi connectivity index (χ4n) is 1.66. The molecular weight excluding hydrogens is 176 g/mol. The summed E-state index contributed by atoms with van der Waals surface area (Å²) in [5, 5.41) is 8.51. The molecule has 0 radical (unpaired) electrons. The molecule has 0 amide bonds. The van der Waals surface area contributed by atoms with Crippen molar-refractivity contribution in [3.63, 3.8) is 0 Å². The van der Waals surface area contributed by atoms with E-state index in [4.69, 9.17) is 5.11 Å². The molecule has 1 N–H and O–H groups in total. The lowest BCUT2D eigenvalue weighted by molar-refractivity contribution is 0.118. The third-order valence-electron chi connectivity index (χ3n) is 2.64. The predicted molar refractivity (Wildman–Crippen MR) is 58.0 cm³/mol. The van der Waals surface area contributed by atoms with Crippen molar-refractivity contribution in [1.29, 1.82) is 0 Å². The fraction of sp³-hybridized carbons (Fsp3) is 0.818. The fourth-order valence-corrected chi connectivity index (χ4v) is 1.66. The Morgan fingerprint density at radius 3 is 2.29 bits per heavy atom. The van der Waals surface area contributed by atoms with Crippen LogP contribution in [-0.4, -0.2) is 60.3 Å². The lowest BCUT2D eigenvalue weighted by Crippen LogP contribution is -2.48. The molecule has 80 valence electrons. The van der Waals surface area contributed by atoms with Gasteiger partial charge in [-0.25, -0.2) is 0 Å². The number of nitrogens with zero attached hydrogens (tertiary/aromatic N) is 2. The molecule has 0 bridgehead atoms. The molecule has 0 aromatic carbocycles. The lowest BCUT2D eigenvalue weighted by atomic mass is 10.2. The van der Waals surface area contributed by atoms with Crippen molar-refractivity contribution < 1.29 is 5.11 Å². The van der Waals surface area contributed by atoms with Crippen molar-refractivity contribution >= 4 is 0 Å². The molecule has 1 fully saturated rings. The summed E-state index contributed by atoms with van der Waals surface area (Å²) in [6.07, 6.45) is 0. The van der Waals surface area contributed by atoms with Gasteiger partial charge in [-0.15, -0.1) is 0 Å². The lowest BCUT2D eigenvalue weighted by Gasteiger charge is -2.36. The van der Waals surface area contributed by atoms with E-state index in [-0.39, 0.29) is 6.61 Å². The third kappa shape index (κ3) is 3.67. The summed E-state index contributed by atoms with van der Waals surface area (Å²) in [6.45, 7) is 9.72. The molecule has 1 aliphatic rings. The zero-order valence-electron chi connectivity index (χ0n) is 9.16. The maximum absolute atomic E-state index is 8.51. The van der Waals surface area contributed by atoms with E-state index in [2.05, 4.69) is 35.5 Å². The topological polar surface area (TPSA) is 26.7 Å². The summed E-state index contributed by atoms with van der Waals surface area (Å²) in [5.74, 6) is 5.64. The molecule has 0 atom stereocenters. The number of hydrogen-bond donors (Lipinski definition) is 1. The summed E-state index contributed by atoms with van der Waals surface area (Å²) < 4.78 is 0. The summed E-state index contributed by atoms with van der Waals surface area (Å²) >= 11 is 0. The predicted octanol–water partition coefficient (Wildman–Crippen LogP) is 0.00810. The molecular formula is C11H20N2O. The monoisotopic (exact) mass is 196 g/mol. The first kappa shape index (κ1) is 11.5. The summed E-state index contributed by atoms with van der Waals surface area (Å²) in [6, 6.07) is 0.653. The van der Waals surface area contributed by atoms with Gasteiger partial charge in [0.2, 0.25) is 0 Å². The van der Waals surface area contributed by atoms with Gasteiger partial charge in [0.25, 0.3) is 0 Å². The minimum absolute atomic E-state index is 0.0219. The van der Waals surface area contributed by atoms with Crippen LogP contribution in [0.5, 0.6) is 0 Å². The minimum Gasteiger partial charge on any atom is -0.384 e. The van der Waals surface area contributed by atoms with Crippen LogP contribution in [0.2, 0.25) is 0 Å². The van der Waals surface area contributed by atoms with Crippen LogP contribution in [0.4, 0.5) is 0 Å². The summed E-state index contributed by atoms with van der Waals surface area (Å²) in [5.41, 5.74) is 0. The van der Waals surface area contributed by atoms with Gasteiger partial charge in [-0.1, -0.05) is 11.8 Å². The van der Waals surface area contributed by atoms with Crippen LogP contribution in [0.15, 0.2) is 0 Å². The Hall–Kier alpha value is -0.560. The molecule has 0 saturated carbocycles. The Kier molecular flexibility index (Phi) is 4.95. The number of aliphatic hydroxyl groups excluding tert-OH is 1. The van der Waals surface area contributed by atoms with Crippen molar-refractivity contribution in [2.45, 2.75) is 19.9 Å². The largest absolute Gasteiger partial charge is 0.384 e. The second kappa shape index (κ2) is 6.02. The zero-order valence-corrected chi connectivity index (χ0v) is 9.16. The van der Waals surface area contributed by atoms with Crippen LogP contribution in [0, 0.1) is 11.8 Å². The van der Waals surface area contributed by atoms with Crippen molar-refractivity contribution in [2.24, 2.45) is 0 Å². The molecule has 0 unspecified atom stereocenters. The van der Waals surface area contributed by atoms with Gasteiger partial charge in [0.1, 0.15) is 6.61 Å². The molecule has 0 aromatic rings. The highest BCUT2D eigenvalue weighted by Gasteiger charge is 2.17. The molecule has 1 saturated heterocycles. The van der Waals surface area contributed by atoms with Gasteiger partial charge in [-0.3, -0.25) is 9.80 Å². The van der Waals surface area contributed by atoms with E-state index in [9.17, 15) is 0 Å². The van der Waals surface area contributed by atoms with Gasteiger partial charge < -0.3 is 5.11 Å². The van der Waals surface area contributed by atoms with Gasteiger partial charge in [0.05, 0.1) is 6.54 Å². The maximum Gasteiger partial charge on any atom is 0.104 e. The highest BCUT2D eigenvalue weighted by atomic mass is 16.2. The van der Waals surface area contributed by atoms with Gasteiger partial charge >= 0.3 is 0 Å². The Bertz CT molecular complexity index is 209. The second-order valence-electron chi connectivity index (χ2n) is 3.92. The van der Waals surface area contributed by atoms with E-state index in [0.29, 0.717) is 6.04 Å². The van der Waals surface area contributed by atoms with Crippen LogP contribution in [0.25, 0.3) is 0 Å². The number of rotatable bonds is 2. The van der Waals surface area contributed by atoms with Crippen LogP contribution in [0.3, 0.4) is 0 Å². The Labute approximate surface area is 86.7 Å². The standard InChI is InChI=1S/C11H20N2O/c1-11(2)13-8-6-12(7-9-13)5-3-4-10-14/h11,14H,5-10H2,1-2H3. The number of aliphatic hydroxyl groups is 1. The highest BCUT2D eigenvalue weighted by Crippen LogP contribution is 2.04. The van der Waals surface area contributed by atoms with Crippen molar-refractivity contribution in [1.82, 2.24) is 9.80 Å². The molecule has 3 heteroatoms. The Morgan fingerprint density at radius 1 is 1.14 bits per heavy atom. The molecule has 1 rings (SSSR count). The van der Waals surface area contributed by atoms with Crippen LogP contribution < -0.4 is 0 Å². The van der Waals surface area contributed by atoms with E-state index in [1.807, 2.05) is 0 Å². The minimum atomic E-state index is -0.0219. The second-order valence-corrected chi connectivity index (χ2v) is 3.92. The van der Waals surface area contributed by atoms with Gasteiger partial charge in [0, 0.05) is 32.2 Å². The first-order valence-corrected chi connectivity index (χ1v) is 5.27. The maximum atomic E-state index is 8.51. The molecule has 1 aliphatic heterocycles. The average Bonchev–Trinajstić information content (AvgIpc) is 2.19. The van der Waals surface area contributed by atoms with Crippen molar-refractivity contribution in [3.8, 4) is 11.8 Å². The van der Waals surface area contributed by atoms with Crippen LogP contribution >= 0.6 is 0 Å². The van der Waals surface area contributed by atoms with E-state index in [1.54, 1.807) is 0 Å². The summed E-state index contributed by atoms with van der Waals surface area (Å²) in [7, 11) is 0. The number of piperazine rings is 1. The van der Waals surface area contributed by atoms with E-state index in [0.717, 1.165) is 32.7 Å². The summed E-state index contributed by atoms with van der Waals surface area (Å²) in [4.78, 5) is 4.82. The Balaban J connectivity index is 2.22. The van der Waals surface area contributed by atoms with Gasteiger partial charge in [0.15, 0.2) is 0 Å². The van der Waals surface area contributed by atoms with Gasteiger partial charge in [-0.05, 0) is 13.8 Å². The molecule has 0 aliphatic carbocycles. The van der Waals surface area contributed by atoms with E-state index >= 15 is 0 Å². The molecule has 0 aromatic heterocycles. The van der Waals surface area contributed by atoms with Crippen molar-refractivity contribution in [2.75, 3.05) is 39.3 Å². The molecule has 1 heterocycles. The van der Waals surface area contributed by atoms with Crippen LogP contribution in [0.1, 0.15) is 13.8 Å². The first-order chi connectivity index (χ1) is 6.74. The quantitative estimate of drug-likeness (QED) is 0.630. The van der Waals surface area contributed by atoms with E-state index < -0.39 is 0 Å². The zero-order chi connectivity index (χ0) is 10.4. The highest BCUT2D eigenvalue weighted by molar-refractivity contribution is 5.01. The normalized spacial score (nSPS) is 19.4. The first-order valence-electron chi connectivity index (χ1n) is 5.27. The molecule has 3 nitrogen and oxygen atoms in total. The van der Waals surface area contributed by atoms with Crippen molar-refractivity contribution in [3.05, 3.63) is 0 Å². The number of hydrogen-bond acceptors (Lipinski definition) is 3. The van der Waals surface area contributed by atoms with Gasteiger partial charge in [-0.2, -0.15) is 0 Å². The molecule has 14 heavy (non-hydrogen) atoms. The smallest absolute Gasteiger partial charge is 0.104 e. The van der Waals surface area contributed by atoms with E-state index in [1.165, 1.54) is 0 Å². The third-order valence-corrected chi connectivity index (χ3v) is 2.64.